The molecule has 6 heteroatoms. The van der Waals surface area contributed by atoms with Gasteiger partial charge in [0.2, 0.25) is 10.0 Å². The second-order valence-electron chi connectivity index (χ2n) is 4.35. The highest BCUT2D eigenvalue weighted by Crippen LogP contribution is 2.17. The van der Waals surface area contributed by atoms with Crippen LogP contribution in [-0.2, 0) is 16.4 Å². The maximum Gasteiger partial charge on any atom is 0.251 e. The van der Waals surface area contributed by atoms with Crippen molar-refractivity contribution in [2.75, 3.05) is 0 Å². The van der Waals surface area contributed by atoms with Gasteiger partial charge in [-0.3, -0.25) is 4.79 Å². The van der Waals surface area contributed by atoms with Gasteiger partial charge in [-0.2, -0.15) is 0 Å². The number of hydrogen-bond donors (Lipinski definition) is 2. The molecule has 0 aliphatic carbocycles. The second-order valence-corrected chi connectivity index (χ2v) is 5.88. The summed E-state index contributed by atoms with van der Waals surface area (Å²) in [7, 11) is -3.81. The van der Waals surface area contributed by atoms with Crippen molar-refractivity contribution in [3.63, 3.8) is 0 Å². The van der Waals surface area contributed by atoms with Gasteiger partial charge in [0.1, 0.15) is 0 Å². The van der Waals surface area contributed by atoms with Gasteiger partial charge >= 0.3 is 0 Å². The molecule has 100 valence electrons. The Hall–Kier alpha value is -1.40. The molecule has 0 aromatic heterocycles. The number of primary sulfonamides is 1. The van der Waals surface area contributed by atoms with Crippen LogP contribution in [-0.4, -0.2) is 20.4 Å². The molecule has 1 rings (SSSR count). The van der Waals surface area contributed by atoms with Gasteiger partial charge in [-0.25, -0.2) is 13.6 Å². The molecule has 0 aliphatic rings. The van der Waals surface area contributed by atoms with Gasteiger partial charge in [0.05, 0.1) is 4.90 Å². The smallest absolute Gasteiger partial charge is 0.251 e. The molecule has 0 saturated carbocycles. The van der Waals surface area contributed by atoms with E-state index in [4.69, 9.17) is 5.14 Å². The summed E-state index contributed by atoms with van der Waals surface area (Å²) in [6.07, 6.45) is 0.540. The number of benzene rings is 1. The quantitative estimate of drug-likeness (QED) is 0.856. The van der Waals surface area contributed by atoms with Gasteiger partial charge in [0.15, 0.2) is 0 Å². The predicted octanol–water partition coefficient (Wildman–Crippen LogP) is 1.03. The topological polar surface area (TPSA) is 89.3 Å². The van der Waals surface area contributed by atoms with E-state index in [-0.39, 0.29) is 16.8 Å². The minimum atomic E-state index is -3.81. The van der Waals surface area contributed by atoms with E-state index in [9.17, 15) is 13.2 Å². The Morgan fingerprint density at radius 3 is 2.44 bits per heavy atom. The fourth-order valence-corrected chi connectivity index (χ4v) is 2.47. The molecule has 1 aromatic carbocycles. The molecule has 0 bridgehead atoms. The number of carbonyl (C=O) groups excluding carboxylic acids is 1. The summed E-state index contributed by atoms with van der Waals surface area (Å²) in [4.78, 5) is 11.8. The zero-order valence-corrected chi connectivity index (χ0v) is 11.5. The minimum absolute atomic E-state index is 0.0127. The summed E-state index contributed by atoms with van der Waals surface area (Å²) < 4.78 is 22.9. The lowest BCUT2D eigenvalue weighted by Gasteiger charge is -2.11. The van der Waals surface area contributed by atoms with Crippen molar-refractivity contribution < 1.29 is 13.2 Å². The first-order chi connectivity index (χ1) is 8.25. The van der Waals surface area contributed by atoms with Crippen LogP contribution in [0.5, 0.6) is 0 Å². The Labute approximate surface area is 107 Å². The van der Waals surface area contributed by atoms with Crippen LogP contribution in [0.4, 0.5) is 0 Å². The lowest BCUT2D eigenvalue weighted by atomic mass is 10.1. The van der Waals surface area contributed by atoms with E-state index in [1.54, 1.807) is 12.1 Å². The number of carbonyl (C=O) groups is 1. The predicted molar refractivity (Wildman–Crippen MR) is 69.8 cm³/mol. The van der Waals surface area contributed by atoms with Crippen molar-refractivity contribution in [3.8, 4) is 0 Å². The zero-order valence-electron chi connectivity index (χ0n) is 10.7. The number of hydrogen-bond acceptors (Lipinski definition) is 3. The van der Waals surface area contributed by atoms with Crippen molar-refractivity contribution in [2.45, 2.75) is 38.1 Å². The third-order valence-corrected chi connectivity index (χ3v) is 3.43. The van der Waals surface area contributed by atoms with Gasteiger partial charge in [-0.05, 0) is 38.0 Å². The molecule has 0 fully saturated rings. The molecule has 0 radical (unpaired) electrons. The van der Waals surface area contributed by atoms with Gasteiger partial charge in [0, 0.05) is 11.6 Å². The number of nitrogens with two attached hydrogens (primary N) is 1. The van der Waals surface area contributed by atoms with Crippen LogP contribution in [0, 0.1) is 0 Å². The monoisotopic (exact) mass is 270 g/mol. The van der Waals surface area contributed by atoms with Crippen LogP contribution in [0.1, 0.15) is 36.7 Å². The summed E-state index contributed by atoms with van der Waals surface area (Å²) in [6.45, 7) is 5.50. The number of amides is 1. The van der Waals surface area contributed by atoms with Crippen LogP contribution >= 0.6 is 0 Å². The van der Waals surface area contributed by atoms with Crippen LogP contribution in [0.25, 0.3) is 0 Å². The first-order valence-electron chi connectivity index (χ1n) is 5.72. The third kappa shape index (κ3) is 3.54. The summed E-state index contributed by atoms with van der Waals surface area (Å²) >= 11 is 0. The first kappa shape index (κ1) is 14.7. The summed E-state index contributed by atoms with van der Waals surface area (Å²) in [6, 6.07) is 4.54. The zero-order chi connectivity index (χ0) is 13.9. The normalized spacial score (nSPS) is 11.6. The van der Waals surface area contributed by atoms with Crippen molar-refractivity contribution >= 4 is 15.9 Å². The van der Waals surface area contributed by atoms with Crippen molar-refractivity contribution in [1.29, 1.82) is 0 Å². The van der Waals surface area contributed by atoms with Crippen molar-refractivity contribution in [3.05, 3.63) is 29.3 Å². The van der Waals surface area contributed by atoms with Crippen LogP contribution in [0.15, 0.2) is 23.1 Å². The Morgan fingerprint density at radius 2 is 2.00 bits per heavy atom. The van der Waals surface area contributed by atoms with Crippen molar-refractivity contribution in [1.82, 2.24) is 5.32 Å². The molecule has 0 spiro atoms. The van der Waals surface area contributed by atoms with E-state index in [1.165, 1.54) is 6.07 Å². The molecule has 0 unspecified atom stereocenters. The summed E-state index contributed by atoms with van der Waals surface area (Å²) in [5, 5.41) is 7.84. The Bertz CT molecular complexity index is 550. The number of sulfonamides is 1. The average molecular weight is 270 g/mol. The number of aryl methyl sites for hydroxylation is 1. The highest BCUT2D eigenvalue weighted by molar-refractivity contribution is 7.89. The Kier molecular flexibility index (Phi) is 4.48. The molecular weight excluding hydrogens is 252 g/mol. The molecule has 0 atom stereocenters. The molecule has 1 amide bonds. The molecule has 18 heavy (non-hydrogen) atoms. The van der Waals surface area contributed by atoms with E-state index >= 15 is 0 Å². The maximum absolute atomic E-state index is 11.8. The van der Waals surface area contributed by atoms with Crippen LogP contribution < -0.4 is 10.5 Å². The average Bonchev–Trinajstić information content (AvgIpc) is 2.26. The van der Waals surface area contributed by atoms with E-state index in [1.807, 2.05) is 20.8 Å². The molecule has 0 heterocycles. The first-order valence-corrected chi connectivity index (χ1v) is 7.27. The number of rotatable bonds is 4. The van der Waals surface area contributed by atoms with Gasteiger partial charge in [-0.15, -0.1) is 0 Å². The lowest BCUT2D eigenvalue weighted by Crippen LogP contribution is -2.30. The minimum Gasteiger partial charge on any atom is -0.350 e. The third-order valence-electron chi connectivity index (χ3n) is 2.44. The second kappa shape index (κ2) is 5.49. The van der Waals surface area contributed by atoms with Crippen LogP contribution in [0.2, 0.25) is 0 Å². The van der Waals surface area contributed by atoms with E-state index in [2.05, 4.69) is 5.32 Å². The molecule has 0 saturated heterocycles. The molecule has 1 aromatic rings. The standard InChI is InChI=1S/C12H18N2O3S/c1-4-9-5-6-10(12(15)14-8(2)3)7-11(9)18(13,16)17/h5-8H,4H2,1-3H3,(H,14,15)(H2,13,16,17). The SMILES string of the molecule is CCc1ccc(C(=O)NC(C)C)cc1S(N)(=O)=O. The highest BCUT2D eigenvalue weighted by atomic mass is 32.2. The van der Waals surface area contributed by atoms with Gasteiger partial charge in [-0.1, -0.05) is 13.0 Å². The summed E-state index contributed by atoms with van der Waals surface area (Å²) in [5.74, 6) is -0.308. The fraction of sp³-hybridized carbons (Fsp3) is 0.417. The molecule has 5 nitrogen and oxygen atoms in total. The lowest BCUT2D eigenvalue weighted by molar-refractivity contribution is 0.0943. The van der Waals surface area contributed by atoms with Crippen LogP contribution in [0.3, 0.4) is 0 Å². The molecule has 3 N–H and O–H groups in total. The van der Waals surface area contributed by atoms with E-state index in [0.29, 0.717) is 17.5 Å². The maximum atomic E-state index is 11.8. The Morgan fingerprint density at radius 1 is 1.39 bits per heavy atom. The van der Waals surface area contributed by atoms with E-state index < -0.39 is 10.0 Å². The van der Waals surface area contributed by atoms with Gasteiger partial charge < -0.3 is 5.32 Å². The number of nitrogens with one attached hydrogen (secondary N) is 1. The Balaban J connectivity index is 3.23. The van der Waals surface area contributed by atoms with E-state index in [0.717, 1.165) is 0 Å². The molecule has 0 aliphatic heterocycles. The van der Waals surface area contributed by atoms with Crippen molar-refractivity contribution in [2.24, 2.45) is 5.14 Å². The van der Waals surface area contributed by atoms with Gasteiger partial charge in [0.25, 0.3) is 5.91 Å². The highest BCUT2D eigenvalue weighted by Gasteiger charge is 2.16. The molecular formula is C12H18N2O3S. The summed E-state index contributed by atoms with van der Waals surface area (Å²) in [5.41, 5.74) is 0.906. The fourth-order valence-electron chi connectivity index (χ4n) is 1.60. The largest absolute Gasteiger partial charge is 0.350 e.